The molecular weight excluding hydrogens is 352 g/mol. The summed E-state index contributed by atoms with van der Waals surface area (Å²) in [6.45, 7) is 0.356. The molecule has 1 aliphatic heterocycles. The molecule has 0 saturated heterocycles. The average Bonchev–Trinajstić information content (AvgIpc) is 2.72. The molecule has 0 radical (unpaired) electrons. The van der Waals surface area contributed by atoms with Gasteiger partial charge in [-0.2, -0.15) is 5.26 Å². The smallest absolute Gasteiger partial charge is 0.252 e. The van der Waals surface area contributed by atoms with E-state index in [1.807, 2.05) is 24.3 Å². The van der Waals surface area contributed by atoms with Gasteiger partial charge >= 0.3 is 0 Å². The molecule has 1 aliphatic rings. The van der Waals surface area contributed by atoms with Crippen LogP contribution < -0.4 is 10.5 Å². The zero-order valence-corrected chi connectivity index (χ0v) is 15.4. The van der Waals surface area contributed by atoms with Gasteiger partial charge in [0.05, 0.1) is 23.9 Å². The minimum absolute atomic E-state index is 0.105. The number of fused-ring (bicyclic) bond motifs is 1. The van der Waals surface area contributed by atoms with Crippen LogP contribution in [0.5, 0.6) is 0 Å². The summed E-state index contributed by atoms with van der Waals surface area (Å²) in [5.74, 6) is 0.105. The maximum atomic E-state index is 12.2. The number of nitrogens with zero attached hydrogens (tertiary/aromatic N) is 4. The van der Waals surface area contributed by atoms with Gasteiger partial charge in [0.2, 0.25) is 5.91 Å². The highest BCUT2D eigenvalue weighted by molar-refractivity contribution is 6.00. The van der Waals surface area contributed by atoms with Crippen LogP contribution in [-0.4, -0.2) is 22.5 Å². The number of amides is 1. The Labute approximate surface area is 162 Å². The Hall–Kier alpha value is -3.72. The lowest BCUT2D eigenvalue weighted by atomic mass is 9.94. The maximum Gasteiger partial charge on any atom is 0.252 e. The van der Waals surface area contributed by atoms with Crippen molar-refractivity contribution in [1.29, 1.82) is 5.26 Å². The zero-order chi connectivity index (χ0) is 19.7. The van der Waals surface area contributed by atoms with Gasteiger partial charge in [0, 0.05) is 49.3 Å². The highest BCUT2D eigenvalue weighted by atomic mass is 16.2. The summed E-state index contributed by atoms with van der Waals surface area (Å²) in [7, 11) is 1.80. The molecule has 6 nitrogen and oxygen atoms in total. The molecule has 3 aromatic rings. The zero-order valence-electron chi connectivity index (χ0n) is 15.4. The molecule has 3 heterocycles. The van der Waals surface area contributed by atoms with Crippen LogP contribution in [0.2, 0.25) is 0 Å². The van der Waals surface area contributed by atoms with Crippen LogP contribution >= 0.6 is 0 Å². The van der Waals surface area contributed by atoms with Gasteiger partial charge in [0.1, 0.15) is 0 Å². The third-order valence-electron chi connectivity index (χ3n) is 5.02. The first-order valence-corrected chi connectivity index (χ1v) is 9.00. The van der Waals surface area contributed by atoms with E-state index in [2.05, 4.69) is 11.1 Å². The third-order valence-corrected chi connectivity index (χ3v) is 5.02. The standard InChI is InChI=1S/C22H18N4O2/c1-25-20(27)6-5-17-3-2-4-19(22(17)25)18-9-16(12-24-13-18)14-26-8-7-15(11-23)10-21(26)28/h2-4,7-10,12-13H,5-6,14H2,1H3. The molecule has 4 rings (SSSR count). The van der Waals surface area contributed by atoms with Crippen LogP contribution in [0.4, 0.5) is 5.69 Å². The van der Waals surface area contributed by atoms with Gasteiger partial charge in [-0.05, 0) is 29.7 Å². The van der Waals surface area contributed by atoms with Crippen LogP contribution in [-0.2, 0) is 17.8 Å². The molecule has 1 amide bonds. The molecule has 1 aromatic carbocycles. The SMILES string of the molecule is CN1C(=O)CCc2cccc(-c3cncc(Cn4ccc(C#N)cc4=O)c3)c21. The summed E-state index contributed by atoms with van der Waals surface area (Å²) in [6.07, 6.45) is 6.36. The fourth-order valence-electron chi connectivity index (χ4n) is 3.58. The fourth-order valence-corrected chi connectivity index (χ4v) is 3.58. The van der Waals surface area contributed by atoms with Gasteiger partial charge in [0.15, 0.2) is 0 Å². The number of para-hydroxylation sites is 1. The lowest BCUT2D eigenvalue weighted by Crippen LogP contribution is -2.31. The molecule has 0 aliphatic carbocycles. The summed E-state index contributed by atoms with van der Waals surface area (Å²) in [4.78, 5) is 30.4. The Morgan fingerprint density at radius 2 is 2.00 bits per heavy atom. The van der Waals surface area contributed by atoms with E-state index in [1.165, 1.54) is 10.6 Å². The van der Waals surface area contributed by atoms with E-state index in [0.717, 1.165) is 34.4 Å². The third kappa shape index (κ3) is 3.19. The van der Waals surface area contributed by atoms with Crippen LogP contribution in [0.15, 0.2) is 59.8 Å². The quantitative estimate of drug-likeness (QED) is 0.710. The first kappa shape index (κ1) is 17.7. The lowest BCUT2D eigenvalue weighted by molar-refractivity contribution is -0.118. The van der Waals surface area contributed by atoms with Gasteiger partial charge in [-0.15, -0.1) is 0 Å². The largest absolute Gasteiger partial charge is 0.315 e. The van der Waals surface area contributed by atoms with Crippen molar-refractivity contribution in [1.82, 2.24) is 9.55 Å². The van der Waals surface area contributed by atoms with E-state index in [1.54, 1.807) is 36.6 Å². The minimum Gasteiger partial charge on any atom is -0.315 e. The van der Waals surface area contributed by atoms with E-state index in [4.69, 9.17) is 5.26 Å². The molecule has 0 atom stereocenters. The summed E-state index contributed by atoms with van der Waals surface area (Å²) in [6, 6.07) is 12.9. The maximum absolute atomic E-state index is 12.2. The summed E-state index contributed by atoms with van der Waals surface area (Å²) < 4.78 is 1.54. The van der Waals surface area contributed by atoms with Gasteiger partial charge in [0.25, 0.3) is 5.56 Å². The van der Waals surface area contributed by atoms with Gasteiger partial charge in [-0.25, -0.2) is 0 Å². The molecule has 138 valence electrons. The van der Waals surface area contributed by atoms with Crippen molar-refractivity contribution < 1.29 is 4.79 Å². The second-order valence-electron chi connectivity index (χ2n) is 6.84. The number of rotatable bonds is 3. The van der Waals surface area contributed by atoms with Crippen molar-refractivity contribution in [2.24, 2.45) is 0 Å². The monoisotopic (exact) mass is 370 g/mol. The number of hydrogen-bond acceptors (Lipinski definition) is 4. The topological polar surface area (TPSA) is 79.0 Å². The first-order valence-electron chi connectivity index (χ1n) is 9.00. The molecule has 0 unspecified atom stereocenters. The number of nitriles is 1. The van der Waals surface area contributed by atoms with Gasteiger partial charge in [-0.3, -0.25) is 14.6 Å². The number of pyridine rings is 2. The fraction of sp³-hybridized carbons (Fsp3) is 0.182. The second kappa shape index (κ2) is 7.12. The molecule has 0 spiro atoms. The molecular formula is C22H18N4O2. The number of aryl methyl sites for hydroxylation is 1. The van der Waals surface area contributed by atoms with E-state index in [-0.39, 0.29) is 11.5 Å². The van der Waals surface area contributed by atoms with E-state index >= 15 is 0 Å². The summed E-state index contributed by atoms with van der Waals surface area (Å²) in [5.41, 5.74) is 4.91. The molecule has 6 heteroatoms. The van der Waals surface area contributed by atoms with Crippen LogP contribution in [0.25, 0.3) is 11.1 Å². The van der Waals surface area contributed by atoms with Crippen LogP contribution in [0.1, 0.15) is 23.1 Å². The van der Waals surface area contributed by atoms with Gasteiger partial charge in [-0.1, -0.05) is 18.2 Å². The highest BCUT2D eigenvalue weighted by Crippen LogP contribution is 2.37. The van der Waals surface area contributed by atoms with Crippen molar-refractivity contribution in [3.05, 3.63) is 82.0 Å². The van der Waals surface area contributed by atoms with E-state index < -0.39 is 0 Å². The number of carbonyl (C=O) groups excluding carboxylic acids is 1. The number of benzene rings is 1. The number of anilines is 1. The Morgan fingerprint density at radius 1 is 1.14 bits per heavy atom. The van der Waals surface area contributed by atoms with Crippen molar-refractivity contribution in [3.8, 4) is 17.2 Å². The number of carbonyl (C=O) groups is 1. The summed E-state index contributed by atoms with van der Waals surface area (Å²) >= 11 is 0. The molecule has 28 heavy (non-hydrogen) atoms. The Bertz CT molecular complexity index is 1170. The molecule has 0 fully saturated rings. The normalized spacial score (nSPS) is 13.1. The summed E-state index contributed by atoms with van der Waals surface area (Å²) in [5, 5.41) is 8.91. The molecule has 0 N–H and O–H groups in total. The molecule has 2 aromatic heterocycles. The lowest BCUT2D eigenvalue weighted by Gasteiger charge is -2.28. The van der Waals surface area contributed by atoms with Crippen molar-refractivity contribution in [2.75, 3.05) is 11.9 Å². The van der Waals surface area contributed by atoms with E-state index in [0.29, 0.717) is 18.5 Å². The van der Waals surface area contributed by atoms with Crippen LogP contribution in [0, 0.1) is 11.3 Å². The number of hydrogen-bond donors (Lipinski definition) is 0. The predicted octanol–water partition coefficient (Wildman–Crippen LogP) is 2.74. The highest BCUT2D eigenvalue weighted by Gasteiger charge is 2.24. The van der Waals surface area contributed by atoms with Crippen molar-refractivity contribution in [3.63, 3.8) is 0 Å². The Morgan fingerprint density at radius 3 is 2.79 bits per heavy atom. The second-order valence-corrected chi connectivity index (χ2v) is 6.84. The Kier molecular flexibility index (Phi) is 4.50. The van der Waals surface area contributed by atoms with E-state index in [9.17, 15) is 9.59 Å². The minimum atomic E-state index is -0.230. The first-order chi connectivity index (χ1) is 13.6. The van der Waals surface area contributed by atoms with Gasteiger partial charge < -0.3 is 9.47 Å². The number of aromatic nitrogens is 2. The van der Waals surface area contributed by atoms with Crippen LogP contribution in [0.3, 0.4) is 0 Å². The van der Waals surface area contributed by atoms with Crippen molar-refractivity contribution in [2.45, 2.75) is 19.4 Å². The average molecular weight is 370 g/mol. The molecule has 0 saturated carbocycles. The Balaban J connectivity index is 1.72. The van der Waals surface area contributed by atoms with Crippen molar-refractivity contribution >= 4 is 11.6 Å². The molecule has 0 bridgehead atoms. The predicted molar refractivity (Wildman–Crippen MR) is 106 cm³/mol.